The molecule has 128 valence electrons. The van der Waals surface area contributed by atoms with Gasteiger partial charge in [0, 0.05) is 9.26 Å². The zero-order valence-corrected chi connectivity index (χ0v) is 16.4. The van der Waals surface area contributed by atoms with Crippen molar-refractivity contribution in [2.75, 3.05) is 15.9 Å². The minimum absolute atomic E-state index is 0.354. The van der Waals surface area contributed by atoms with Crippen molar-refractivity contribution in [1.29, 1.82) is 0 Å². The summed E-state index contributed by atoms with van der Waals surface area (Å²) in [7, 11) is -3.60. The number of hydrogen-bond acceptors (Lipinski definition) is 3. The molecule has 1 atom stereocenters. The molecule has 2 aromatic carbocycles. The summed E-state index contributed by atoms with van der Waals surface area (Å²) < 4.78 is 26.8. The van der Waals surface area contributed by atoms with Gasteiger partial charge >= 0.3 is 0 Å². The highest BCUT2D eigenvalue weighted by molar-refractivity contribution is 14.1. The van der Waals surface area contributed by atoms with Gasteiger partial charge in [-0.3, -0.25) is 9.10 Å². The van der Waals surface area contributed by atoms with Gasteiger partial charge in [-0.15, -0.1) is 0 Å². The van der Waals surface area contributed by atoms with E-state index in [1.807, 2.05) is 12.1 Å². The summed E-state index contributed by atoms with van der Waals surface area (Å²) in [5.74, 6) is -0.354. The molecule has 0 aliphatic rings. The lowest BCUT2D eigenvalue weighted by molar-refractivity contribution is -0.117. The number of halogens is 1. The van der Waals surface area contributed by atoms with Gasteiger partial charge in [-0.2, -0.15) is 0 Å². The van der Waals surface area contributed by atoms with Crippen LogP contribution in [0.1, 0.15) is 13.3 Å². The third kappa shape index (κ3) is 4.70. The van der Waals surface area contributed by atoms with Gasteiger partial charge in [0.1, 0.15) is 6.04 Å². The van der Waals surface area contributed by atoms with Gasteiger partial charge in [0.05, 0.1) is 11.9 Å². The Balaban J connectivity index is 2.32. The second kappa shape index (κ2) is 7.98. The third-order valence-electron chi connectivity index (χ3n) is 3.45. The molecule has 0 fully saturated rings. The molecule has 0 aromatic heterocycles. The number of nitrogens with one attached hydrogen (secondary N) is 1. The summed E-state index contributed by atoms with van der Waals surface area (Å²) in [6.07, 6.45) is 1.47. The van der Waals surface area contributed by atoms with Crippen LogP contribution < -0.4 is 9.62 Å². The fourth-order valence-corrected chi connectivity index (χ4v) is 3.97. The Kier molecular flexibility index (Phi) is 6.22. The van der Waals surface area contributed by atoms with Gasteiger partial charge < -0.3 is 5.32 Å². The average molecular weight is 458 g/mol. The molecule has 0 bridgehead atoms. The van der Waals surface area contributed by atoms with E-state index in [0.29, 0.717) is 17.8 Å². The van der Waals surface area contributed by atoms with Gasteiger partial charge in [-0.05, 0) is 65.4 Å². The van der Waals surface area contributed by atoms with Crippen LogP contribution in [0.2, 0.25) is 0 Å². The number of amides is 1. The van der Waals surface area contributed by atoms with E-state index in [9.17, 15) is 13.2 Å². The molecule has 0 saturated carbocycles. The van der Waals surface area contributed by atoms with E-state index in [4.69, 9.17) is 0 Å². The molecule has 2 aromatic rings. The number of nitrogens with zero attached hydrogens (tertiary/aromatic N) is 1. The van der Waals surface area contributed by atoms with Crippen molar-refractivity contribution in [3.05, 3.63) is 58.2 Å². The number of carbonyl (C=O) groups is 1. The van der Waals surface area contributed by atoms with Crippen LogP contribution in [0.5, 0.6) is 0 Å². The number of benzene rings is 2. The molecular weight excluding hydrogens is 439 g/mol. The van der Waals surface area contributed by atoms with Crippen molar-refractivity contribution in [2.24, 2.45) is 0 Å². The third-order valence-corrected chi connectivity index (χ3v) is 5.35. The second-order valence-corrected chi connectivity index (χ2v) is 8.42. The number of anilines is 2. The van der Waals surface area contributed by atoms with Crippen LogP contribution in [0.15, 0.2) is 54.6 Å². The molecule has 0 saturated heterocycles. The number of rotatable bonds is 6. The first-order valence-electron chi connectivity index (χ1n) is 7.44. The minimum atomic E-state index is -3.60. The minimum Gasteiger partial charge on any atom is -0.324 e. The smallest absolute Gasteiger partial charge is 0.248 e. The first-order chi connectivity index (χ1) is 11.3. The monoisotopic (exact) mass is 458 g/mol. The Morgan fingerprint density at radius 1 is 1.12 bits per heavy atom. The Hall–Kier alpha value is -1.61. The van der Waals surface area contributed by atoms with E-state index in [1.54, 1.807) is 49.4 Å². The van der Waals surface area contributed by atoms with E-state index in [1.165, 1.54) is 4.31 Å². The van der Waals surface area contributed by atoms with Crippen molar-refractivity contribution < 1.29 is 13.2 Å². The molecule has 7 heteroatoms. The lowest BCUT2D eigenvalue weighted by Crippen LogP contribution is -2.46. The Morgan fingerprint density at radius 2 is 1.71 bits per heavy atom. The quantitative estimate of drug-likeness (QED) is 0.675. The summed E-state index contributed by atoms with van der Waals surface area (Å²) in [4.78, 5) is 12.7. The van der Waals surface area contributed by atoms with Crippen LogP contribution in [0.25, 0.3) is 0 Å². The van der Waals surface area contributed by atoms with Crippen LogP contribution >= 0.6 is 22.6 Å². The second-order valence-electron chi connectivity index (χ2n) is 5.31. The predicted molar refractivity (Wildman–Crippen MR) is 106 cm³/mol. The lowest BCUT2D eigenvalue weighted by Gasteiger charge is -2.30. The van der Waals surface area contributed by atoms with Crippen molar-refractivity contribution in [1.82, 2.24) is 0 Å². The molecule has 24 heavy (non-hydrogen) atoms. The highest BCUT2D eigenvalue weighted by Crippen LogP contribution is 2.23. The van der Waals surface area contributed by atoms with Crippen LogP contribution in [0.3, 0.4) is 0 Å². The van der Waals surface area contributed by atoms with Gasteiger partial charge in [0.2, 0.25) is 15.9 Å². The van der Waals surface area contributed by atoms with Gasteiger partial charge in [-0.1, -0.05) is 25.1 Å². The SMILES string of the molecule is CCC(C(=O)Nc1ccc(I)cc1)N(c1ccccc1)S(C)(=O)=O. The maximum Gasteiger partial charge on any atom is 0.248 e. The van der Waals surface area contributed by atoms with Crippen LogP contribution in [-0.4, -0.2) is 26.6 Å². The molecule has 0 aliphatic heterocycles. The topological polar surface area (TPSA) is 66.5 Å². The highest BCUT2D eigenvalue weighted by Gasteiger charge is 2.31. The van der Waals surface area contributed by atoms with E-state index >= 15 is 0 Å². The number of para-hydroxylation sites is 1. The Labute approximate surface area is 156 Å². The van der Waals surface area contributed by atoms with Crippen LogP contribution in [0, 0.1) is 3.57 Å². The first-order valence-corrected chi connectivity index (χ1v) is 10.4. The summed E-state index contributed by atoms with van der Waals surface area (Å²) in [5, 5.41) is 2.79. The van der Waals surface area contributed by atoms with Crippen molar-refractivity contribution in [2.45, 2.75) is 19.4 Å². The molecule has 1 unspecified atom stereocenters. The number of hydrogen-bond donors (Lipinski definition) is 1. The number of sulfonamides is 1. The average Bonchev–Trinajstić information content (AvgIpc) is 2.54. The van der Waals surface area contributed by atoms with Gasteiger partial charge in [0.15, 0.2) is 0 Å². The van der Waals surface area contributed by atoms with Crippen molar-refractivity contribution >= 4 is 49.9 Å². The van der Waals surface area contributed by atoms with E-state index < -0.39 is 16.1 Å². The van der Waals surface area contributed by atoms with Crippen LogP contribution in [0.4, 0.5) is 11.4 Å². The lowest BCUT2D eigenvalue weighted by atomic mass is 10.2. The van der Waals surface area contributed by atoms with E-state index in [0.717, 1.165) is 9.83 Å². The van der Waals surface area contributed by atoms with E-state index in [2.05, 4.69) is 27.9 Å². The first kappa shape index (κ1) is 18.7. The Morgan fingerprint density at radius 3 is 2.21 bits per heavy atom. The fourth-order valence-electron chi connectivity index (χ4n) is 2.39. The largest absolute Gasteiger partial charge is 0.324 e. The van der Waals surface area contributed by atoms with Crippen molar-refractivity contribution in [3.63, 3.8) is 0 Å². The molecule has 1 amide bonds. The summed E-state index contributed by atoms with van der Waals surface area (Å²) in [5.41, 5.74) is 1.12. The molecule has 0 spiro atoms. The normalized spacial score (nSPS) is 12.5. The van der Waals surface area contributed by atoms with Gasteiger partial charge in [0.25, 0.3) is 0 Å². The molecule has 1 N–H and O–H groups in total. The molecule has 2 rings (SSSR count). The summed E-state index contributed by atoms with van der Waals surface area (Å²) >= 11 is 2.18. The summed E-state index contributed by atoms with van der Waals surface area (Å²) in [6, 6.07) is 15.2. The number of carbonyl (C=O) groups excluding carboxylic acids is 1. The Bertz CT molecular complexity index is 792. The highest BCUT2D eigenvalue weighted by atomic mass is 127. The molecule has 0 heterocycles. The zero-order chi connectivity index (χ0) is 17.7. The molecule has 5 nitrogen and oxygen atoms in total. The molecule has 0 radical (unpaired) electrons. The maximum atomic E-state index is 12.7. The standard InChI is InChI=1S/C17H19IN2O3S/c1-3-16(17(21)19-14-11-9-13(18)10-12-14)20(24(2,22)23)15-7-5-4-6-8-15/h4-12,16H,3H2,1-2H3,(H,19,21). The summed E-state index contributed by atoms with van der Waals surface area (Å²) in [6.45, 7) is 1.79. The fraction of sp³-hybridized carbons (Fsp3) is 0.235. The maximum absolute atomic E-state index is 12.7. The zero-order valence-electron chi connectivity index (χ0n) is 13.4. The van der Waals surface area contributed by atoms with Crippen molar-refractivity contribution in [3.8, 4) is 0 Å². The van der Waals surface area contributed by atoms with Crippen LogP contribution in [-0.2, 0) is 14.8 Å². The van der Waals surface area contributed by atoms with E-state index in [-0.39, 0.29) is 5.91 Å². The van der Waals surface area contributed by atoms with Gasteiger partial charge in [-0.25, -0.2) is 8.42 Å². The predicted octanol–water partition coefficient (Wildman–Crippen LogP) is 3.47. The molecular formula is C17H19IN2O3S. The molecule has 0 aliphatic carbocycles.